The van der Waals surface area contributed by atoms with Crippen LogP contribution in [0.25, 0.3) is 0 Å². The third-order valence-electron chi connectivity index (χ3n) is 2.80. The number of nitrogens with zero attached hydrogens (tertiary/aromatic N) is 2. The van der Waals surface area contributed by atoms with Crippen molar-refractivity contribution in [3.63, 3.8) is 0 Å². The first-order valence-corrected chi connectivity index (χ1v) is 7.06. The first-order valence-electron chi connectivity index (χ1n) is 7.06. The van der Waals surface area contributed by atoms with E-state index < -0.39 is 0 Å². The largest absolute Gasteiger partial charge is 0.475 e. The zero-order valence-corrected chi connectivity index (χ0v) is 12.0. The molecule has 0 spiro atoms. The van der Waals surface area contributed by atoms with Gasteiger partial charge in [0.15, 0.2) is 0 Å². The summed E-state index contributed by atoms with van der Waals surface area (Å²) in [5.41, 5.74) is 0. The van der Waals surface area contributed by atoms with Crippen molar-refractivity contribution in [3.8, 4) is 5.88 Å². The zero-order chi connectivity index (χ0) is 13.7. The van der Waals surface area contributed by atoms with Gasteiger partial charge in [-0.3, -0.25) is 0 Å². The van der Waals surface area contributed by atoms with Crippen LogP contribution in [0, 0.1) is 0 Å². The molecule has 1 aliphatic carbocycles. The van der Waals surface area contributed by atoms with Crippen LogP contribution in [-0.2, 0) is 4.74 Å². The van der Waals surface area contributed by atoms with E-state index in [4.69, 9.17) is 9.47 Å². The van der Waals surface area contributed by atoms with E-state index in [1.165, 1.54) is 12.8 Å². The molecule has 0 saturated heterocycles. The van der Waals surface area contributed by atoms with Crippen molar-refractivity contribution >= 4 is 5.82 Å². The lowest BCUT2D eigenvalue weighted by molar-refractivity contribution is 0.0542. The third kappa shape index (κ3) is 4.67. The summed E-state index contributed by atoms with van der Waals surface area (Å²) in [6, 6.07) is 1.85. The molecule has 1 saturated carbocycles. The maximum Gasteiger partial charge on any atom is 0.218 e. The molecule has 1 heterocycles. The number of anilines is 1. The predicted octanol–water partition coefficient (Wildman–Crippen LogP) is 2.59. The van der Waals surface area contributed by atoms with E-state index in [2.05, 4.69) is 22.2 Å². The summed E-state index contributed by atoms with van der Waals surface area (Å²) in [7, 11) is 0. The summed E-state index contributed by atoms with van der Waals surface area (Å²) in [6.45, 7) is 8.02. The zero-order valence-electron chi connectivity index (χ0n) is 12.0. The van der Waals surface area contributed by atoms with Crippen LogP contribution >= 0.6 is 0 Å². The Balaban J connectivity index is 1.94. The van der Waals surface area contributed by atoms with Crippen LogP contribution < -0.4 is 10.1 Å². The van der Waals surface area contributed by atoms with E-state index in [1.807, 2.05) is 19.9 Å². The molecule has 5 nitrogen and oxygen atoms in total. The number of ether oxygens (including phenoxy) is 2. The molecule has 106 valence electrons. The maximum atomic E-state index is 5.65. The summed E-state index contributed by atoms with van der Waals surface area (Å²) in [5, 5.41) is 3.22. The first-order chi connectivity index (χ1) is 9.19. The van der Waals surface area contributed by atoms with Crippen molar-refractivity contribution in [2.45, 2.75) is 45.6 Å². The second kappa shape index (κ2) is 6.70. The van der Waals surface area contributed by atoms with E-state index in [-0.39, 0.29) is 6.10 Å². The van der Waals surface area contributed by atoms with Crippen molar-refractivity contribution in [1.82, 2.24) is 9.97 Å². The van der Waals surface area contributed by atoms with Crippen LogP contribution in [0.1, 0.15) is 45.4 Å². The predicted molar refractivity (Wildman–Crippen MR) is 74.8 cm³/mol. The Kier molecular flexibility index (Phi) is 4.96. The Morgan fingerprint density at radius 2 is 2.11 bits per heavy atom. The Morgan fingerprint density at radius 1 is 1.32 bits per heavy atom. The minimum absolute atomic E-state index is 0.230. The molecule has 0 radical (unpaired) electrons. The SMILES string of the molecule is CCNc1cc(OCCOC(C)C)nc(C2CC2)n1. The van der Waals surface area contributed by atoms with Crippen LogP contribution in [0.15, 0.2) is 6.07 Å². The van der Waals surface area contributed by atoms with Crippen LogP contribution in [0.2, 0.25) is 0 Å². The second-order valence-corrected chi connectivity index (χ2v) is 5.02. The standard InChI is InChI=1S/C14H23N3O2/c1-4-15-12-9-13(19-8-7-18-10(2)3)17-14(16-12)11-5-6-11/h9-11H,4-8H2,1-3H3,(H,15,16,17). The highest BCUT2D eigenvalue weighted by Gasteiger charge is 2.27. The van der Waals surface area contributed by atoms with Crippen molar-refractivity contribution in [3.05, 3.63) is 11.9 Å². The minimum Gasteiger partial charge on any atom is -0.475 e. The van der Waals surface area contributed by atoms with Crippen LogP contribution in [0.3, 0.4) is 0 Å². The summed E-state index contributed by atoms with van der Waals surface area (Å²) in [5.74, 6) is 2.91. The molecule has 5 heteroatoms. The lowest BCUT2D eigenvalue weighted by Gasteiger charge is -2.11. The summed E-state index contributed by atoms with van der Waals surface area (Å²) < 4.78 is 11.1. The molecule has 0 atom stereocenters. The fourth-order valence-corrected chi connectivity index (χ4v) is 1.74. The van der Waals surface area contributed by atoms with Gasteiger partial charge in [-0.15, -0.1) is 0 Å². The van der Waals surface area contributed by atoms with Gasteiger partial charge >= 0.3 is 0 Å². The average molecular weight is 265 g/mol. The molecular weight excluding hydrogens is 242 g/mol. The van der Waals surface area contributed by atoms with Gasteiger partial charge in [0, 0.05) is 18.5 Å². The minimum atomic E-state index is 0.230. The summed E-state index contributed by atoms with van der Waals surface area (Å²) in [6.07, 6.45) is 2.60. The van der Waals surface area contributed by atoms with Gasteiger partial charge in [-0.05, 0) is 33.6 Å². The molecule has 1 fully saturated rings. The van der Waals surface area contributed by atoms with Gasteiger partial charge in [0.1, 0.15) is 18.2 Å². The summed E-state index contributed by atoms with van der Waals surface area (Å²) >= 11 is 0. The van der Waals surface area contributed by atoms with Crippen molar-refractivity contribution in [2.75, 3.05) is 25.1 Å². The fourth-order valence-electron chi connectivity index (χ4n) is 1.74. The normalized spacial score (nSPS) is 14.7. The number of hydrogen-bond donors (Lipinski definition) is 1. The quantitative estimate of drug-likeness (QED) is 0.732. The van der Waals surface area contributed by atoms with E-state index in [0.717, 1.165) is 18.2 Å². The Hall–Kier alpha value is -1.36. The van der Waals surface area contributed by atoms with Gasteiger partial charge in [-0.1, -0.05) is 0 Å². The Morgan fingerprint density at radius 3 is 2.74 bits per heavy atom. The molecule has 0 aliphatic heterocycles. The van der Waals surface area contributed by atoms with Crippen LogP contribution in [-0.4, -0.2) is 35.8 Å². The highest BCUT2D eigenvalue weighted by atomic mass is 16.5. The Labute approximate surface area is 114 Å². The van der Waals surface area contributed by atoms with Crippen LogP contribution in [0.5, 0.6) is 5.88 Å². The molecule has 1 N–H and O–H groups in total. The van der Waals surface area contributed by atoms with Gasteiger partial charge in [0.25, 0.3) is 0 Å². The van der Waals surface area contributed by atoms with E-state index in [9.17, 15) is 0 Å². The van der Waals surface area contributed by atoms with E-state index >= 15 is 0 Å². The Bertz CT molecular complexity index is 406. The van der Waals surface area contributed by atoms with Crippen molar-refractivity contribution in [1.29, 1.82) is 0 Å². The summed E-state index contributed by atoms with van der Waals surface area (Å²) in [4.78, 5) is 8.97. The molecule has 1 aromatic rings. The van der Waals surface area contributed by atoms with E-state index in [0.29, 0.717) is 25.0 Å². The lowest BCUT2D eigenvalue weighted by atomic mass is 10.4. The van der Waals surface area contributed by atoms with Crippen LogP contribution in [0.4, 0.5) is 5.82 Å². The molecule has 2 rings (SSSR count). The fraction of sp³-hybridized carbons (Fsp3) is 0.714. The highest BCUT2D eigenvalue weighted by Crippen LogP contribution is 2.39. The maximum absolute atomic E-state index is 5.65. The molecule has 1 aliphatic rings. The molecule has 1 aromatic heterocycles. The lowest BCUT2D eigenvalue weighted by Crippen LogP contribution is -2.12. The van der Waals surface area contributed by atoms with Gasteiger partial charge in [-0.25, -0.2) is 4.98 Å². The molecule has 0 bridgehead atoms. The van der Waals surface area contributed by atoms with E-state index in [1.54, 1.807) is 0 Å². The first kappa shape index (κ1) is 14.1. The monoisotopic (exact) mass is 265 g/mol. The van der Waals surface area contributed by atoms with Gasteiger partial charge in [0.2, 0.25) is 5.88 Å². The average Bonchev–Trinajstić information content (AvgIpc) is 3.19. The van der Waals surface area contributed by atoms with Crippen molar-refractivity contribution in [2.24, 2.45) is 0 Å². The number of hydrogen-bond acceptors (Lipinski definition) is 5. The van der Waals surface area contributed by atoms with Gasteiger partial charge in [-0.2, -0.15) is 4.98 Å². The molecule has 0 aromatic carbocycles. The number of aromatic nitrogens is 2. The number of rotatable bonds is 8. The van der Waals surface area contributed by atoms with Crippen molar-refractivity contribution < 1.29 is 9.47 Å². The number of nitrogens with one attached hydrogen (secondary N) is 1. The third-order valence-corrected chi connectivity index (χ3v) is 2.80. The molecule has 0 unspecified atom stereocenters. The second-order valence-electron chi connectivity index (χ2n) is 5.02. The highest BCUT2D eigenvalue weighted by molar-refractivity contribution is 5.39. The van der Waals surface area contributed by atoms with Gasteiger partial charge < -0.3 is 14.8 Å². The smallest absolute Gasteiger partial charge is 0.218 e. The molecule has 0 amide bonds. The molecule has 19 heavy (non-hydrogen) atoms. The van der Waals surface area contributed by atoms with Gasteiger partial charge in [0.05, 0.1) is 12.7 Å². The molecular formula is C14H23N3O2. The topological polar surface area (TPSA) is 56.3 Å².